The Labute approximate surface area is 92.4 Å². The van der Waals surface area contributed by atoms with Gasteiger partial charge in [-0.3, -0.25) is 4.79 Å². The van der Waals surface area contributed by atoms with Crippen LogP contribution in [0.4, 0.5) is 0 Å². The Bertz CT molecular complexity index is 207. The van der Waals surface area contributed by atoms with Gasteiger partial charge in [0.05, 0.1) is 0 Å². The van der Waals surface area contributed by atoms with Crippen molar-refractivity contribution in [1.29, 1.82) is 0 Å². The molecule has 0 aromatic heterocycles. The fraction of sp³-hybridized carbons (Fsp3) is 0.909. The summed E-state index contributed by atoms with van der Waals surface area (Å²) >= 11 is 0. The average Bonchev–Trinajstić information content (AvgIpc) is 2.16. The third kappa shape index (κ3) is 4.62. The van der Waals surface area contributed by atoms with Crippen LogP contribution in [0.5, 0.6) is 0 Å². The van der Waals surface area contributed by atoms with E-state index < -0.39 is 11.5 Å². The zero-order valence-corrected chi connectivity index (χ0v) is 10.3. The van der Waals surface area contributed by atoms with Crippen LogP contribution in [-0.2, 0) is 4.79 Å². The highest BCUT2D eigenvalue weighted by Crippen LogP contribution is 2.15. The number of nitrogens with zero attached hydrogens (tertiary/aromatic N) is 1. The SMILES string of the molecule is CCC(N)(CCCN(C)C(C)C)C(=O)O. The highest BCUT2D eigenvalue weighted by Gasteiger charge is 2.31. The average molecular weight is 216 g/mol. The van der Waals surface area contributed by atoms with Crippen molar-refractivity contribution in [2.45, 2.75) is 51.6 Å². The minimum atomic E-state index is -1.04. The third-order valence-electron chi connectivity index (χ3n) is 3.07. The van der Waals surface area contributed by atoms with Crippen molar-refractivity contribution in [1.82, 2.24) is 4.90 Å². The van der Waals surface area contributed by atoms with Crippen molar-refractivity contribution >= 4 is 5.97 Å². The molecule has 0 saturated carbocycles. The van der Waals surface area contributed by atoms with E-state index in [-0.39, 0.29) is 0 Å². The first-order valence-electron chi connectivity index (χ1n) is 5.56. The summed E-state index contributed by atoms with van der Waals surface area (Å²) < 4.78 is 0. The molecule has 90 valence electrons. The number of carboxylic acids is 1. The third-order valence-corrected chi connectivity index (χ3v) is 3.07. The van der Waals surface area contributed by atoms with E-state index in [1.165, 1.54) is 0 Å². The lowest BCUT2D eigenvalue weighted by Gasteiger charge is -2.26. The Kier molecular flexibility index (Phi) is 5.83. The zero-order valence-electron chi connectivity index (χ0n) is 10.3. The fourth-order valence-electron chi connectivity index (χ4n) is 1.34. The summed E-state index contributed by atoms with van der Waals surface area (Å²) in [6.07, 6.45) is 1.84. The minimum absolute atomic E-state index is 0.480. The predicted molar refractivity (Wildman–Crippen MR) is 61.8 cm³/mol. The quantitative estimate of drug-likeness (QED) is 0.673. The molecule has 0 aliphatic rings. The Morgan fingerprint density at radius 3 is 2.40 bits per heavy atom. The van der Waals surface area contributed by atoms with E-state index in [0.717, 1.165) is 13.0 Å². The zero-order chi connectivity index (χ0) is 12.1. The van der Waals surface area contributed by atoms with Crippen LogP contribution in [-0.4, -0.2) is 41.1 Å². The van der Waals surface area contributed by atoms with Crippen molar-refractivity contribution in [2.24, 2.45) is 5.73 Å². The van der Waals surface area contributed by atoms with E-state index in [4.69, 9.17) is 10.8 Å². The van der Waals surface area contributed by atoms with Crippen LogP contribution in [0.3, 0.4) is 0 Å². The molecule has 4 heteroatoms. The second-order valence-corrected chi connectivity index (χ2v) is 4.49. The highest BCUT2D eigenvalue weighted by molar-refractivity contribution is 5.78. The van der Waals surface area contributed by atoms with Crippen LogP contribution in [0.15, 0.2) is 0 Å². The monoisotopic (exact) mass is 216 g/mol. The van der Waals surface area contributed by atoms with Gasteiger partial charge in [-0.05, 0) is 46.7 Å². The van der Waals surface area contributed by atoms with E-state index in [1.54, 1.807) is 0 Å². The predicted octanol–water partition coefficient (Wildman–Crippen LogP) is 1.30. The van der Waals surface area contributed by atoms with Gasteiger partial charge in [0.15, 0.2) is 0 Å². The summed E-state index contributed by atoms with van der Waals surface area (Å²) in [5.74, 6) is -0.891. The van der Waals surface area contributed by atoms with Gasteiger partial charge in [0.25, 0.3) is 0 Å². The van der Waals surface area contributed by atoms with E-state index in [2.05, 4.69) is 18.7 Å². The molecular weight excluding hydrogens is 192 g/mol. The maximum absolute atomic E-state index is 10.9. The van der Waals surface area contributed by atoms with E-state index in [0.29, 0.717) is 18.9 Å². The molecule has 15 heavy (non-hydrogen) atoms. The Balaban J connectivity index is 3.98. The van der Waals surface area contributed by atoms with Crippen molar-refractivity contribution in [3.63, 3.8) is 0 Å². The Morgan fingerprint density at radius 1 is 1.53 bits per heavy atom. The molecule has 4 nitrogen and oxygen atoms in total. The number of rotatable bonds is 7. The van der Waals surface area contributed by atoms with Crippen LogP contribution in [0, 0.1) is 0 Å². The Morgan fingerprint density at radius 2 is 2.07 bits per heavy atom. The number of nitrogens with two attached hydrogens (primary N) is 1. The number of hydrogen-bond donors (Lipinski definition) is 2. The van der Waals surface area contributed by atoms with E-state index in [9.17, 15) is 4.79 Å². The Hall–Kier alpha value is -0.610. The molecule has 0 bridgehead atoms. The number of carboxylic acid groups (broad SMARTS) is 1. The number of hydrogen-bond acceptors (Lipinski definition) is 3. The van der Waals surface area contributed by atoms with Gasteiger partial charge >= 0.3 is 5.97 Å². The summed E-state index contributed by atoms with van der Waals surface area (Å²) in [5.41, 5.74) is 4.74. The molecule has 0 aliphatic heterocycles. The van der Waals surface area contributed by atoms with Gasteiger partial charge in [0, 0.05) is 6.04 Å². The molecule has 0 radical (unpaired) electrons. The van der Waals surface area contributed by atoms with Crippen LogP contribution in [0.2, 0.25) is 0 Å². The van der Waals surface area contributed by atoms with Gasteiger partial charge in [-0.1, -0.05) is 6.92 Å². The lowest BCUT2D eigenvalue weighted by Crippen LogP contribution is -2.47. The normalized spacial score (nSPS) is 15.7. The van der Waals surface area contributed by atoms with Gasteiger partial charge in [0.2, 0.25) is 0 Å². The van der Waals surface area contributed by atoms with Gasteiger partial charge < -0.3 is 15.7 Å². The lowest BCUT2D eigenvalue weighted by molar-refractivity contribution is -0.143. The molecular formula is C11H24N2O2. The first-order chi connectivity index (χ1) is 6.83. The van der Waals surface area contributed by atoms with E-state index >= 15 is 0 Å². The summed E-state index contributed by atoms with van der Waals surface area (Å²) in [6, 6.07) is 0.489. The number of aliphatic carboxylic acids is 1. The maximum atomic E-state index is 10.9. The molecule has 0 aliphatic carbocycles. The van der Waals surface area contributed by atoms with Gasteiger partial charge in [-0.2, -0.15) is 0 Å². The maximum Gasteiger partial charge on any atom is 0.323 e. The molecule has 0 fully saturated rings. The fourth-order valence-corrected chi connectivity index (χ4v) is 1.34. The van der Waals surface area contributed by atoms with Gasteiger partial charge in [-0.15, -0.1) is 0 Å². The standard InChI is InChI=1S/C11H24N2O2/c1-5-11(12,10(14)15)7-6-8-13(4)9(2)3/h9H,5-8,12H2,1-4H3,(H,14,15). The van der Waals surface area contributed by atoms with Crippen LogP contribution >= 0.6 is 0 Å². The molecule has 1 unspecified atom stereocenters. The molecule has 0 amide bonds. The van der Waals surface area contributed by atoms with Crippen LogP contribution < -0.4 is 5.73 Å². The number of carbonyl (C=O) groups is 1. The van der Waals surface area contributed by atoms with Crippen LogP contribution in [0.25, 0.3) is 0 Å². The largest absolute Gasteiger partial charge is 0.480 e. The first kappa shape index (κ1) is 14.4. The van der Waals surface area contributed by atoms with Gasteiger partial charge in [-0.25, -0.2) is 0 Å². The molecule has 0 spiro atoms. The second kappa shape index (κ2) is 6.08. The summed E-state index contributed by atoms with van der Waals surface area (Å²) in [4.78, 5) is 13.1. The first-order valence-corrected chi connectivity index (χ1v) is 5.56. The van der Waals surface area contributed by atoms with Crippen LogP contribution in [0.1, 0.15) is 40.0 Å². The molecule has 0 heterocycles. The minimum Gasteiger partial charge on any atom is -0.480 e. The molecule has 0 saturated heterocycles. The molecule has 0 rings (SSSR count). The summed E-state index contributed by atoms with van der Waals surface area (Å²) in [5, 5.41) is 8.97. The van der Waals surface area contributed by atoms with Crippen molar-refractivity contribution in [3.8, 4) is 0 Å². The molecule has 3 N–H and O–H groups in total. The second-order valence-electron chi connectivity index (χ2n) is 4.49. The summed E-state index contributed by atoms with van der Waals surface area (Å²) in [6.45, 7) is 6.95. The molecule has 0 aromatic rings. The van der Waals surface area contributed by atoms with Crippen molar-refractivity contribution < 1.29 is 9.90 Å². The molecule has 0 aromatic carbocycles. The smallest absolute Gasteiger partial charge is 0.323 e. The van der Waals surface area contributed by atoms with Crippen molar-refractivity contribution in [3.05, 3.63) is 0 Å². The summed E-state index contributed by atoms with van der Waals surface area (Å²) in [7, 11) is 2.04. The highest BCUT2D eigenvalue weighted by atomic mass is 16.4. The van der Waals surface area contributed by atoms with E-state index in [1.807, 2.05) is 14.0 Å². The topological polar surface area (TPSA) is 66.6 Å². The lowest BCUT2D eigenvalue weighted by atomic mass is 9.92. The van der Waals surface area contributed by atoms with Crippen molar-refractivity contribution in [2.75, 3.05) is 13.6 Å². The molecule has 1 atom stereocenters. The van der Waals surface area contributed by atoms with Gasteiger partial charge in [0.1, 0.15) is 5.54 Å².